The van der Waals surface area contributed by atoms with Gasteiger partial charge in [0.1, 0.15) is 6.17 Å². The quantitative estimate of drug-likeness (QED) is 0.780. The first kappa shape index (κ1) is 21.2. The monoisotopic (exact) mass is 431 g/mol. The number of benzene rings is 2. The molecule has 5 nitrogen and oxygen atoms in total. The van der Waals surface area contributed by atoms with Crippen molar-refractivity contribution in [1.82, 2.24) is 10.2 Å². The lowest BCUT2D eigenvalue weighted by molar-refractivity contribution is -0.138. The van der Waals surface area contributed by atoms with Crippen LogP contribution in [0.1, 0.15) is 58.0 Å². The summed E-state index contributed by atoms with van der Waals surface area (Å²) < 4.78 is 39.6. The zero-order valence-electron chi connectivity index (χ0n) is 17.2. The average molecular weight is 431 g/mol. The van der Waals surface area contributed by atoms with Crippen molar-refractivity contribution in [3.05, 3.63) is 64.7 Å². The molecule has 8 heteroatoms. The molecule has 2 aromatic carbocycles. The molecule has 31 heavy (non-hydrogen) atoms. The Morgan fingerprint density at radius 3 is 2.68 bits per heavy atom. The number of anilines is 1. The van der Waals surface area contributed by atoms with Crippen molar-refractivity contribution in [3.63, 3.8) is 0 Å². The van der Waals surface area contributed by atoms with Gasteiger partial charge in [0.25, 0.3) is 11.8 Å². The minimum atomic E-state index is -4.49. The topological polar surface area (TPSA) is 52.7 Å². The van der Waals surface area contributed by atoms with Crippen LogP contribution in [0, 0.1) is 0 Å². The van der Waals surface area contributed by atoms with Crippen molar-refractivity contribution in [2.45, 2.75) is 45.1 Å². The number of hydrogen-bond acceptors (Lipinski definition) is 3. The van der Waals surface area contributed by atoms with Crippen LogP contribution in [0.5, 0.6) is 0 Å². The van der Waals surface area contributed by atoms with Gasteiger partial charge in [-0.2, -0.15) is 13.2 Å². The van der Waals surface area contributed by atoms with E-state index < -0.39 is 17.6 Å². The minimum Gasteiger partial charge on any atom is -0.351 e. The van der Waals surface area contributed by atoms with Crippen LogP contribution < -0.4 is 10.2 Å². The van der Waals surface area contributed by atoms with E-state index in [0.717, 1.165) is 31.9 Å². The zero-order chi connectivity index (χ0) is 22.2. The summed E-state index contributed by atoms with van der Waals surface area (Å²) in [5, 5.41) is 2.58. The number of hydrogen-bond donors (Lipinski definition) is 1. The van der Waals surface area contributed by atoms with Gasteiger partial charge in [-0.1, -0.05) is 18.2 Å². The number of piperidine rings is 1. The fourth-order valence-electron chi connectivity index (χ4n) is 4.49. The number of amides is 2. The summed E-state index contributed by atoms with van der Waals surface area (Å²) in [5.74, 6) is -0.509. The lowest BCUT2D eigenvalue weighted by atomic mass is 9.97. The second-order valence-corrected chi connectivity index (χ2v) is 7.83. The molecule has 2 aliphatic heterocycles. The van der Waals surface area contributed by atoms with Gasteiger partial charge in [-0.3, -0.25) is 9.59 Å². The van der Waals surface area contributed by atoms with E-state index in [1.54, 1.807) is 18.2 Å². The van der Waals surface area contributed by atoms with Gasteiger partial charge in [-0.15, -0.1) is 0 Å². The second kappa shape index (κ2) is 8.24. The Kier molecular flexibility index (Phi) is 5.64. The molecule has 1 atom stereocenters. The van der Waals surface area contributed by atoms with Gasteiger partial charge in [-0.05, 0) is 56.0 Å². The molecule has 2 aromatic rings. The Hall–Kier alpha value is -3.03. The molecule has 2 heterocycles. The molecule has 2 amide bonds. The largest absolute Gasteiger partial charge is 0.416 e. The minimum absolute atomic E-state index is 0.00419. The maximum absolute atomic E-state index is 13.2. The van der Waals surface area contributed by atoms with Crippen LogP contribution in [0.4, 0.5) is 18.9 Å². The van der Waals surface area contributed by atoms with Crippen LogP contribution in [-0.4, -0.2) is 36.0 Å². The summed E-state index contributed by atoms with van der Waals surface area (Å²) in [6.07, 6.45) is -1.60. The molecule has 0 saturated carbocycles. The van der Waals surface area contributed by atoms with E-state index in [4.69, 9.17) is 0 Å². The fourth-order valence-corrected chi connectivity index (χ4v) is 4.49. The van der Waals surface area contributed by atoms with Gasteiger partial charge in [0.05, 0.1) is 16.8 Å². The van der Waals surface area contributed by atoms with Crippen molar-refractivity contribution in [2.75, 3.05) is 18.0 Å². The van der Waals surface area contributed by atoms with E-state index >= 15 is 0 Å². The Morgan fingerprint density at radius 1 is 1.16 bits per heavy atom. The van der Waals surface area contributed by atoms with Gasteiger partial charge in [0, 0.05) is 25.2 Å². The number of carbonyl (C=O) groups is 2. The van der Waals surface area contributed by atoms with Gasteiger partial charge in [0.15, 0.2) is 0 Å². The van der Waals surface area contributed by atoms with Crippen molar-refractivity contribution < 1.29 is 22.8 Å². The maximum atomic E-state index is 13.2. The third-order valence-electron chi connectivity index (χ3n) is 5.99. The van der Waals surface area contributed by atoms with E-state index in [9.17, 15) is 22.8 Å². The summed E-state index contributed by atoms with van der Waals surface area (Å²) in [5.41, 5.74) is 0.821. The number of nitrogens with one attached hydrogen (secondary N) is 1. The van der Waals surface area contributed by atoms with Crippen LogP contribution in [0.25, 0.3) is 0 Å². The normalized spacial score (nSPS) is 18.5. The SMILES string of the molecule is CCN1c2cc(C(=O)NCc3ccccc3C(F)(F)F)ccc2C(=O)N2CCCC[C@H]21. The van der Waals surface area contributed by atoms with Crippen molar-refractivity contribution in [3.8, 4) is 0 Å². The molecule has 1 N–H and O–H groups in total. The number of alkyl halides is 3. The van der Waals surface area contributed by atoms with E-state index in [-0.39, 0.29) is 24.2 Å². The lowest BCUT2D eigenvalue weighted by Gasteiger charge is -2.47. The molecule has 1 saturated heterocycles. The van der Waals surface area contributed by atoms with Crippen LogP contribution in [0.2, 0.25) is 0 Å². The van der Waals surface area contributed by atoms with Crippen molar-refractivity contribution >= 4 is 17.5 Å². The van der Waals surface area contributed by atoms with Gasteiger partial charge >= 0.3 is 6.18 Å². The molecule has 0 unspecified atom stereocenters. The molecule has 0 spiro atoms. The molecule has 2 aliphatic rings. The van der Waals surface area contributed by atoms with Crippen LogP contribution in [0.15, 0.2) is 42.5 Å². The molecular weight excluding hydrogens is 407 g/mol. The summed E-state index contributed by atoms with van der Waals surface area (Å²) in [4.78, 5) is 29.7. The predicted octanol–water partition coefficient (Wildman–Crippen LogP) is 4.43. The first-order valence-electron chi connectivity index (χ1n) is 10.5. The molecule has 0 radical (unpaired) electrons. The molecule has 1 fully saturated rings. The number of rotatable bonds is 4. The smallest absolute Gasteiger partial charge is 0.351 e. The molecular formula is C23H24F3N3O2. The Morgan fingerprint density at radius 2 is 1.94 bits per heavy atom. The highest BCUT2D eigenvalue weighted by Crippen LogP contribution is 2.36. The van der Waals surface area contributed by atoms with Crippen LogP contribution >= 0.6 is 0 Å². The molecule has 4 rings (SSSR count). The molecule has 0 bridgehead atoms. The standard InChI is InChI=1S/C23H24F3N3O2/c1-2-28-19-13-15(10-11-17(19)22(31)29-12-6-5-9-20(28)29)21(30)27-14-16-7-3-4-8-18(16)23(24,25)26/h3-4,7-8,10-11,13,20H,2,5-6,9,12,14H2,1H3,(H,27,30)/t20-/m0/s1. The average Bonchev–Trinajstić information content (AvgIpc) is 2.77. The first-order chi connectivity index (χ1) is 14.8. The summed E-state index contributed by atoms with van der Waals surface area (Å²) >= 11 is 0. The number of halogens is 3. The number of fused-ring (bicyclic) bond motifs is 2. The third kappa shape index (κ3) is 3.98. The highest BCUT2D eigenvalue weighted by atomic mass is 19.4. The summed E-state index contributed by atoms with van der Waals surface area (Å²) in [6.45, 7) is 3.18. The first-order valence-corrected chi connectivity index (χ1v) is 10.5. The van der Waals surface area contributed by atoms with Crippen LogP contribution in [-0.2, 0) is 12.7 Å². The number of nitrogens with zero attached hydrogens (tertiary/aromatic N) is 2. The molecule has 164 valence electrons. The van der Waals surface area contributed by atoms with E-state index in [0.29, 0.717) is 23.4 Å². The molecule has 0 aliphatic carbocycles. The third-order valence-corrected chi connectivity index (χ3v) is 5.99. The zero-order valence-corrected chi connectivity index (χ0v) is 17.2. The van der Waals surface area contributed by atoms with E-state index in [2.05, 4.69) is 10.2 Å². The van der Waals surface area contributed by atoms with E-state index in [1.807, 2.05) is 11.8 Å². The molecule has 0 aromatic heterocycles. The van der Waals surface area contributed by atoms with Gasteiger partial charge < -0.3 is 15.1 Å². The fraction of sp³-hybridized carbons (Fsp3) is 0.391. The Bertz CT molecular complexity index is 1010. The lowest BCUT2D eigenvalue weighted by Crippen LogP contribution is -2.57. The highest BCUT2D eigenvalue weighted by Gasteiger charge is 2.38. The second-order valence-electron chi connectivity index (χ2n) is 7.83. The highest BCUT2D eigenvalue weighted by molar-refractivity contribution is 6.04. The Labute approximate surface area is 178 Å². The summed E-state index contributed by atoms with van der Waals surface area (Å²) in [7, 11) is 0. The van der Waals surface area contributed by atoms with E-state index in [1.165, 1.54) is 18.2 Å². The number of carbonyl (C=O) groups excluding carboxylic acids is 2. The van der Waals surface area contributed by atoms with Crippen LogP contribution in [0.3, 0.4) is 0 Å². The Balaban J connectivity index is 1.57. The maximum Gasteiger partial charge on any atom is 0.416 e. The predicted molar refractivity (Wildman–Crippen MR) is 111 cm³/mol. The summed E-state index contributed by atoms with van der Waals surface area (Å²) in [6, 6.07) is 10.1. The van der Waals surface area contributed by atoms with Gasteiger partial charge in [0.2, 0.25) is 0 Å². The van der Waals surface area contributed by atoms with Crippen molar-refractivity contribution in [2.24, 2.45) is 0 Å². The van der Waals surface area contributed by atoms with Gasteiger partial charge in [-0.25, -0.2) is 0 Å². The van der Waals surface area contributed by atoms with Crippen molar-refractivity contribution in [1.29, 1.82) is 0 Å².